The van der Waals surface area contributed by atoms with Gasteiger partial charge in [-0.3, -0.25) is 0 Å². The van der Waals surface area contributed by atoms with Crippen molar-refractivity contribution in [1.29, 1.82) is 0 Å². The molecule has 1 heterocycles. The van der Waals surface area contributed by atoms with Gasteiger partial charge in [0.25, 0.3) is 0 Å². The van der Waals surface area contributed by atoms with E-state index >= 15 is 0 Å². The molecule has 0 amide bonds. The molecule has 0 atom stereocenters. The van der Waals surface area contributed by atoms with E-state index < -0.39 is 9.84 Å². The van der Waals surface area contributed by atoms with Gasteiger partial charge in [-0.25, -0.2) is 8.42 Å². The van der Waals surface area contributed by atoms with Crippen molar-refractivity contribution in [3.63, 3.8) is 0 Å². The monoisotopic (exact) mass is 265 g/mol. The van der Waals surface area contributed by atoms with E-state index in [1.165, 1.54) is 6.26 Å². The van der Waals surface area contributed by atoms with Gasteiger partial charge in [0.15, 0.2) is 0 Å². The zero-order valence-electron chi connectivity index (χ0n) is 10.7. The Balaban J connectivity index is 2.44. The number of hydrogen-bond acceptors (Lipinski definition) is 5. The summed E-state index contributed by atoms with van der Waals surface area (Å²) < 4.78 is 27.5. The Hall–Kier alpha value is -0.170. The highest BCUT2D eigenvalue weighted by molar-refractivity contribution is 7.90. The molecule has 0 spiro atoms. The molecule has 0 radical (unpaired) electrons. The normalized spacial score (nSPS) is 20.7. The SMILES string of the molecule is CN(CCS(C)(=O)=O)CC1(CO)CCOCC1. The third kappa shape index (κ3) is 5.33. The molecule has 1 aliphatic heterocycles. The number of aliphatic hydroxyl groups is 1. The van der Waals surface area contributed by atoms with Gasteiger partial charge in [-0.05, 0) is 19.9 Å². The van der Waals surface area contributed by atoms with Crippen LogP contribution in [0.4, 0.5) is 0 Å². The second kappa shape index (κ2) is 6.13. The number of nitrogens with zero attached hydrogens (tertiary/aromatic N) is 1. The Morgan fingerprint density at radius 2 is 1.94 bits per heavy atom. The van der Waals surface area contributed by atoms with Crippen LogP contribution >= 0.6 is 0 Å². The molecule has 17 heavy (non-hydrogen) atoms. The number of sulfone groups is 1. The maximum absolute atomic E-state index is 11.1. The van der Waals surface area contributed by atoms with Crippen LogP contribution in [-0.4, -0.2) is 70.4 Å². The summed E-state index contributed by atoms with van der Waals surface area (Å²) >= 11 is 0. The largest absolute Gasteiger partial charge is 0.396 e. The van der Waals surface area contributed by atoms with Gasteiger partial charge in [0.1, 0.15) is 9.84 Å². The molecule has 1 saturated heterocycles. The first-order chi connectivity index (χ1) is 7.87. The quantitative estimate of drug-likeness (QED) is 0.717. The van der Waals surface area contributed by atoms with Crippen molar-refractivity contribution in [2.45, 2.75) is 12.8 Å². The molecule has 102 valence electrons. The fraction of sp³-hybridized carbons (Fsp3) is 1.00. The summed E-state index contributed by atoms with van der Waals surface area (Å²) in [4.78, 5) is 1.99. The number of rotatable bonds is 6. The van der Waals surface area contributed by atoms with Crippen molar-refractivity contribution >= 4 is 9.84 Å². The van der Waals surface area contributed by atoms with Crippen LogP contribution in [0.15, 0.2) is 0 Å². The minimum Gasteiger partial charge on any atom is -0.396 e. The van der Waals surface area contributed by atoms with E-state index in [9.17, 15) is 13.5 Å². The van der Waals surface area contributed by atoms with Crippen LogP contribution in [-0.2, 0) is 14.6 Å². The van der Waals surface area contributed by atoms with E-state index in [1.807, 2.05) is 11.9 Å². The minimum absolute atomic E-state index is 0.121. The second-order valence-electron chi connectivity index (χ2n) is 5.14. The molecule has 1 fully saturated rings. The summed E-state index contributed by atoms with van der Waals surface area (Å²) in [5.41, 5.74) is -0.121. The molecule has 0 saturated carbocycles. The van der Waals surface area contributed by atoms with Gasteiger partial charge in [0, 0.05) is 38.0 Å². The van der Waals surface area contributed by atoms with Gasteiger partial charge in [0.05, 0.1) is 12.4 Å². The van der Waals surface area contributed by atoms with E-state index in [0.29, 0.717) is 19.8 Å². The fourth-order valence-electron chi connectivity index (χ4n) is 2.14. The van der Waals surface area contributed by atoms with E-state index in [-0.39, 0.29) is 17.8 Å². The first kappa shape index (κ1) is 14.9. The lowest BCUT2D eigenvalue weighted by molar-refractivity contribution is -0.0301. The second-order valence-corrected chi connectivity index (χ2v) is 7.40. The zero-order valence-corrected chi connectivity index (χ0v) is 11.5. The molecular weight excluding hydrogens is 242 g/mol. The first-order valence-corrected chi connectivity index (χ1v) is 7.98. The lowest BCUT2D eigenvalue weighted by Crippen LogP contribution is -2.43. The number of hydrogen-bond donors (Lipinski definition) is 1. The predicted molar refractivity (Wildman–Crippen MR) is 66.8 cm³/mol. The van der Waals surface area contributed by atoms with Crippen LogP contribution in [0.2, 0.25) is 0 Å². The molecule has 0 aromatic heterocycles. The molecule has 1 rings (SSSR count). The average Bonchev–Trinajstić information content (AvgIpc) is 2.27. The van der Waals surface area contributed by atoms with Crippen molar-refractivity contribution < 1.29 is 18.3 Å². The molecule has 0 aromatic rings. The van der Waals surface area contributed by atoms with E-state index in [1.54, 1.807) is 0 Å². The predicted octanol–water partition coefficient (Wildman–Crippen LogP) is -0.248. The Morgan fingerprint density at radius 1 is 1.35 bits per heavy atom. The van der Waals surface area contributed by atoms with Gasteiger partial charge >= 0.3 is 0 Å². The van der Waals surface area contributed by atoms with Crippen LogP contribution in [0.3, 0.4) is 0 Å². The maximum Gasteiger partial charge on any atom is 0.148 e. The Bertz CT molecular complexity index is 322. The first-order valence-electron chi connectivity index (χ1n) is 5.92. The van der Waals surface area contributed by atoms with Crippen molar-refractivity contribution in [3.8, 4) is 0 Å². The molecule has 0 bridgehead atoms. The summed E-state index contributed by atoms with van der Waals surface area (Å²) in [7, 11) is -1.01. The summed E-state index contributed by atoms with van der Waals surface area (Å²) in [5, 5.41) is 9.52. The lowest BCUT2D eigenvalue weighted by Gasteiger charge is -2.38. The fourth-order valence-corrected chi connectivity index (χ4v) is 2.79. The zero-order chi connectivity index (χ0) is 12.9. The van der Waals surface area contributed by atoms with E-state index in [0.717, 1.165) is 19.4 Å². The van der Waals surface area contributed by atoms with Gasteiger partial charge in [-0.2, -0.15) is 0 Å². The summed E-state index contributed by atoms with van der Waals surface area (Å²) in [6, 6.07) is 0. The molecule has 1 aliphatic rings. The highest BCUT2D eigenvalue weighted by atomic mass is 32.2. The third-order valence-electron chi connectivity index (χ3n) is 3.34. The maximum atomic E-state index is 11.1. The minimum atomic E-state index is -2.92. The third-order valence-corrected chi connectivity index (χ3v) is 4.26. The van der Waals surface area contributed by atoms with Crippen LogP contribution < -0.4 is 0 Å². The van der Waals surface area contributed by atoms with E-state index in [4.69, 9.17) is 4.74 Å². The van der Waals surface area contributed by atoms with Gasteiger partial charge in [-0.1, -0.05) is 0 Å². The molecule has 1 N–H and O–H groups in total. The number of aliphatic hydroxyl groups excluding tert-OH is 1. The standard InChI is InChI=1S/C11H23NO4S/c1-12(5-8-17(2,14)15)9-11(10-13)3-6-16-7-4-11/h13H,3-10H2,1-2H3. The van der Waals surface area contributed by atoms with Crippen molar-refractivity contribution in [3.05, 3.63) is 0 Å². The smallest absolute Gasteiger partial charge is 0.148 e. The highest BCUT2D eigenvalue weighted by Gasteiger charge is 2.33. The average molecular weight is 265 g/mol. The summed E-state index contributed by atoms with van der Waals surface area (Å²) in [6.45, 7) is 2.74. The van der Waals surface area contributed by atoms with Crippen LogP contribution in [0.5, 0.6) is 0 Å². The topological polar surface area (TPSA) is 66.8 Å². The highest BCUT2D eigenvalue weighted by Crippen LogP contribution is 2.30. The van der Waals surface area contributed by atoms with E-state index in [2.05, 4.69) is 0 Å². The molecule has 0 aliphatic carbocycles. The molecule has 0 aromatic carbocycles. The molecule has 5 nitrogen and oxygen atoms in total. The molecule has 6 heteroatoms. The molecular formula is C11H23NO4S. The van der Waals surface area contributed by atoms with Crippen molar-refractivity contribution in [2.75, 3.05) is 52.0 Å². The Morgan fingerprint density at radius 3 is 2.41 bits per heavy atom. The van der Waals surface area contributed by atoms with Crippen LogP contribution in [0.1, 0.15) is 12.8 Å². The Kier molecular flexibility index (Phi) is 5.37. The lowest BCUT2D eigenvalue weighted by atomic mass is 9.80. The van der Waals surface area contributed by atoms with Crippen molar-refractivity contribution in [1.82, 2.24) is 4.90 Å². The van der Waals surface area contributed by atoms with Gasteiger partial charge < -0.3 is 14.7 Å². The van der Waals surface area contributed by atoms with Crippen molar-refractivity contribution in [2.24, 2.45) is 5.41 Å². The number of ether oxygens (including phenoxy) is 1. The Labute approximate surface area is 104 Å². The van der Waals surface area contributed by atoms with Gasteiger partial charge in [0.2, 0.25) is 0 Å². The summed E-state index contributed by atoms with van der Waals surface area (Å²) in [5.74, 6) is 0.168. The summed E-state index contributed by atoms with van der Waals surface area (Å²) in [6.07, 6.45) is 2.93. The van der Waals surface area contributed by atoms with Crippen LogP contribution in [0.25, 0.3) is 0 Å². The van der Waals surface area contributed by atoms with Crippen LogP contribution in [0, 0.1) is 5.41 Å². The van der Waals surface area contributed by atoms with Gasteiger partial charge in [-0.15, -0.1) is 0 Å². The molecule has 0 unspecified atom stereocenters.